The molecule has 1 aromatic carbocycles. The lowest BCUT2D eigenvalue weighted by Gasteiger charge is -2.19. The Hall–Kier alpha value is -3.19. The molecule has 0 aliphatic rings. The fourth-order valence-electron chi connectivity index (χ4n) is 3.60. The van der Waals surface area contributed by atoms with Crippen LogP contribution in [0.25, 0.3) is 16.7 Å². The third-order valence-electron chi connectivity index (χ3n) is 5.34. The van der Waals surface area contributed by atoms with Crippen LogP contribution in [0.1, 0.15) is 30.0 Å². The maximum Gasteiger partial charge on any atom is 0.278 e. The van der Waals surface area contributed by atoms with Gasteiger partial charge >= 0.3 is 0 Å². The van der Waals surface area contributed by atoms with Gasteiger partial charge in [-0.25, -0.2) is 9.97 Å². The zero-order chi connectivity index (χ0) is 20.4. The van der Waals surface area contributed by atoms with Gasteiger partial charge in [0.2, 0.25) is 5.95 Å². The number of aryl methyl sites for hydroxylation is 1. The predicted octanol–water partition coefficient (Wildman–Crippen LogP) is 3.59. The summed E-state index contributed by atoms with van der Waals surface area (Å²) in [6, 6.07) is 13.8. The van der Waals surface area contributed by atoms with Crippen LogP contribution >= 0.6 is 0 Å². The van der Waals surface area contributed by atoms with E-state index in [1.807, 2.05) is 53.8 Å². The van der Waals surface area contributed by atoms with Crippen LogP contribution in [0, 0.1) is 6.92 Å². The summed E-state index contributed by atoms with van der Waals surface area (Å²) in [5, 5.41) is 2.98. The molecule has 150 valence electrons. The summed E-state index contributed by atoms with van der Waals surface area (Å²) in [6.07, 6.45) is 1.77. The SMILES string of the molecule is CCN(CC)CCn1c(NC(=O)c2cn3c(C)cccc3n2)nc2ccccc21. The fraction of sp³-hybridized carbons (Fsp3) is 0.318. The number of fused-ring (bicyclic) bond motifs is 2. The Labute approximate surface area is 170 Å². The number of aromatic nitrogens is 4. The quantitative estimate of drug-likeness (QED) is 0.524. The molecule has 0 aliphatic carbocycles. The Morgan fingerprint density at radius 1 is 1.07 bits per heavy atom. The van der Waals surface area contributed by atoms with Crippen molar-refractivity contribution in [2.75, 3.05) is 25.0 Å². The smallest absolute Gasteiger partial charge is 0.278 e. The van der Waals surface area contributed by atoms with E-state index in [1.54, 1.807) is 6.20 Å². The number of carbonyl (C=O) groups is 1. The van der Waals surface area contributed by atoms with Crippen LogP contribution in [0.3, 0.4) is 0 Å². The van der Waals surface area contributed by atoms with Crippen LogP contribution in [0.15, 0.2) is 48.7 Å². The van der Waals surface area contributed by atoms with Crippen molar-refractivity contribution < 1.29 is 4.79 Å². The third kappa shape index (κ3) is 3.73. The Morgan fingerprint density at radius 3 is 2.62 bits per heavy atom. The van der Waals surface area contributed by atoms with Crippen molar-refractivity contribution in [3.05, 3.63) is 60.0 Å². The molecule has 3 aromatic heterocycles. The van der Waals surface area contributed by atoms with Gasteiger partial charge in [-0.2, -0.15) is 0 Å². The topological polar surface area (TPSA) is 67.5 Å². The van der Waals surface area contributed by atoms with Crippen LogP contribution in [0.2, 0.25) is 0 Å². The first-order chi connectivity index (χ1) is 14.1. The highest BCUT2D eigenvalue weighted by molar-refractivity contribution is 6.03. The molecule has 4 aromatic rings. The van der Waals surface area contributed by atoms with E-state index < -0.39 is 0 Å². The van der Waals surface area contributed by atoms with Crippen LogP contribution in [0.5, 0.6) is 0 Å². The molecule has 7 heteroatoms. The Kier molecular flexibility index (Phi) is 5.31. The third-order valence-corrected chi connectivity index (χ3v) is 5.34. The molecule has 0 saturated heterocycles. The molecule has 4 rings (SSSR count). The summed E-state index contributed by atoms with van der Waals surface area (Å²) < 4.78 is 3.99. The number of amides is 1. The van der Waals surface area contributed by atoms with Crippen molar-refractivity contribution >= 4 is 28.5 Å². The molecule has 29 heavy (non-hydrogen) atoms. The number of nitrogens with one attached hydrogen (secondary N) is 1. The van der Waals surface area contributed by atoms with E-state index in [0.717, 1.165) is 48.6 Å². The monoisotopic (exact) mass is 390 g/mol. The normalized spacial score (nSPS) is 11.6. The summed E-state index contributed by atoms with van der Waals surface area (Å²) >= 11 is 0. The molecule has 0 radical (unpaired) electrons. The zero-order valence-corrected chi connectivity index (χ0v) is 17.1. The molecule has 7 nitrogen and oxygen atoms in total. The molecule has 0 unspecified atom stereocenters. The molecular formula is C22H26N6O. The van der Waals surface area contributed by atoms with E-state index in [1.165, 1.54) is 0 Å². The lowest BCUT2D eigenvalue weighted by Crippen LogP contribution is -2.27. The largest absolute Gasteiger partial charge is 0.309 e. The first kappa shape index (κ1) is 19.1. The predicted molar refractivity (Wildman–Crippen MR) is 115 cm³/mol. The van der Waals surface area contributed by atoms with Gasteiger partial charge < -0.3 is 13.9 Å². The summed E-state index contributed by atoms with van der Waals surface area (Å²) in [6.45, 7) is 9.93. The second kappa shape index (κ2) is 8.05. The van der Waals surface area contributed by atoms with Crippen LogP contribution in [-0.4, -0.2) is 49.4 Å². The van der Waals surface area contributed by atoms with Gasteiger partial charge in [0.15, 0.2) is 0 Å². The molecule has 0 spiro atoms. The lowest BCUT2D eigenvalue weighted by molar-refractivity contribution is 0.102. The minimum atomic E-state index is -0.257. The molecule has 0 saturated carbocycles. The molecule has 0 aliphatic heterocycles. The second-order valence-electron chi connectivity index (χ2n) is 7.08. The number of anilines is 1. The highest BCUT2D eigenvalue weighted by Gasteiger charge is 2.17. The number of nitrogens with zero attached hydrogens (tertiary/aromatic N) is 5. The van der Waals surface area contributed by atoms with Gasteiger partial charge in [-0.15, -0.1) is 0 Å². The highest BCUT2D eigenvalue weighted by atomic mass is 16.2. The maximum absolute atomic E-state index is 12.9. The van der Waals surface area contributed by atoms with Gasteiger partial charge in [0.1, 0.15) is 11.3 Å². The average Bonchev–Trinajstić information content (AvgIpc) is 3.31. The fourth-order valence-corrected chi connectivity index (χ4v) is 3.60. The molecule has 3 heterocycles. The van der Waals surface area contributed by atoms with E-state index in [4.69, 9.17) is 0 Å². The molecule has 1 N–H and O–H groups in total. The highest BCUT2D eigenvalue weighted by Crippen LogP contribution is 2.20. The maximum atomic E-state index is 12.9. The first-order valence-electron chi connectivity index (χ1n) is 10.0. The molecular weight excluding hydrogens is 364 g/mol. The minimum Gasteiger partial charge on any atom is -0.309 e. The Bertz CT molecular complexity index is 1150. The first-order valence-corrected chi connectivity index (χ1v) is 10.0. The van der Waals surface area contributed by atoms with E-state index in [-0.39, 0.29) is 5.91 Å². The van der Waals surface area contributed by atoms with Crippen LogP contribution in [0.4, 0.5) is 5.95 Å². The Balaban J connectivity index is 1.64. The molecule has 0 fully saturated rings. The average molecular weight is 390 g/mol. The standard InChI is InChI=1S/C22H26N6O/c1-4-26(5-2)13-14-27-19-11-7-6-10-17(19)24-22(27)25-21(29)18-15-28-16(3)9-8-12-20(28)23-18/h6-12,15H,4-5,13-14H2,1-3H3,(H,24,25,29). The Morgan fingerprint density at radius 2 is 1.86 bits per heavy atom. The van der Waals surface area contributed by atoms with Crippen LogP contribution < -0.4 is 5.32 Å². The number of para-hydroxylation sites is 2. The number of benzene rings is 1. The van der Waals surface area contributed by atoms with Crippen molar-refractivity contribution in [3.8, 4) is 0 Å². The van der Waals surface area contributed by atoms with Crippen LogP contribution in [-0.2, 0) is 6.54 Å². The summed E-state index contributed by atoms with van der Waals surface area (Å²) in [4.78, 5) is 24.4. The number of hydrogen-bond donors (Lipinski definition) is 1. The van der Waals surface area contributed by atoms with Gasteiger partial charge in [0, 0.05) is 25.0 Å². The van der Waals surface area contributed by atoms with E-state index in [0.29, 0.717) is 11.6 Å². The molecule has 0 atom stereocenters. The van der Waals surface area contributed by atoms with Gasteiger partial charge in [-0.05, 0) is 44.3 Å². The number of rotatable bonds is 7. The number of hydrogen-bond acceptors (Lipinski definition) is 4. The van der Waals surface area contributed by atoms with Gasteiger partial charge in [-0.1, -0.05) is 32.0 Å². The van der Waals surface area contributed by atoms with Crippen molar-refractivity contribution in [1.29, 1.82) is 0 Å². The van der Waals surface area contributed by atoms with E-state index >= 15 is 0 Å². The van der Waals surface area contributed by atoms with Crippen molar-refractivity contribution in [1.82, 2.24) is 23.8 Å². The molecule has 1 amide bonds. The summed E-state index contributed by atoms with van der Waals surface area (Å²) in [5.41, 5.74) is 4.04. The summed E-state index contributed by atoms with van der Waals surface area (Å²) in [7, 11) is 0. The number of carbonyl (C=O) groups excluding carboxylic acids is 1. The van der Waals surface area contributed by atoms with Gasteiger partial charge in [0.05, 0.1) is 11.0 Å². The van der Waals surface area contributed by atoms with Gasteiger partial charge in [-0.3, -0.25) is 10.1 Å². The number of imidazole rings is 2. The minimum absolute atomic E-state index is 0.257. The van der Waals surface area contributed by atoms with Crippen molar-refractivity contribution in [2.24, 2.45) is 0 Å². The molecule has 0 bridgehead atoms. The van der Waals surface area contributed by atoms with Crippen molar-refractivity contribution in [2.45, 2.75) is 27.3 Å². The number of pyridine rings is 1. The van der Waals surface area contributed by atoms with E-state index in [2.05, 4.69) is 38.6 Å². The second-order valence-corrected chi connectivity index (χ2v) is 7.08. The summed E-state index contributed by atoms with van der Waals surface area (Å²) in [5.74, 6) is 0.296. The van der Waals surface area contributed by atoms with Gasteiger partial charge in [0.25, 0.3) is 5.91 Å². The number of likely N-dealkylation sites (N-methyl/N-ethyl adjacent to an activating group) is 1. The van der Waals surface area contributed by atoms with E-state index in [9.17, 15) is 4.79 Å². The lowest BCUT2D eigenvalue weighted by atomic mass is 10.3. The van der Waals surface area contributed by atoms with Crippen molar-refractivity contribution in [3.63, 3.8) is 0 Å². The zero-order valence-electron chi connectivity index (χ0n) is 17.1.